The van der Waals surface area contributed by atoms with Gasteiger partial charge in [0.05, 0.1) is 0 Å². The molecule has 1 heterocycles. The van der Waals surface area contributed by atoms with E-state index >= 15 is 0 Å². The van der Waals surface area contributed by atoms with Crippen molar-refractivity contribution in [3.8, 4) is 0 Å². The summed E-state index contributed by atoms with van der Waals surface area (Å²) in [6.07, 6.45) is 0.186. The standard InChI is InChI=1S/C23H34N4O4/c1-6-24-19(29)12-13-20(30)26-23(18-10-8-7-9-11-18)14-27(15-23)21(31)22(5,16(2)3)25-17(4)28/h7-11,16H,6,12-15H2,1-5H3,(H,24,29)(H,25,28)(H,26,30). The van der Waals surface area contributed by atoms with Crippen LogP contribution < -0.4 is 16.0 Å². The van der Waals surface area contributed by atoms with Crippen molar-refractivity contribution in [2.45, 2.75) is 58.5 Å². The second kappa shape index (κ2) is 9.94. The minimum atomic E-state index is -1.03. The van der Waals surface area contributed by atoms with Crippen LogP contribution in [0.2, 0.25) is 0 Å². The van der Waals surface area contributed by atoms with Crippen LogP contribution in [0, 0.1) is 5.92 Å². The molecule has 0 spiro atoms. The van der Waals surface area contributed by atoms with Gasteiger partial charge in [-0.25, -0.2) is 0 Å². The second-order valence-electron chi connectivity index (χ2n) is 8.65. The highest BCUT2D eigenvalue weighted by Gasteiger charge is 2.52. The minimum absolute atomic E-state index is 0.0734. The predicted octanol–water partition coefficient (Wildman–Crippen LogP) is 1.31. The zero-order chi connectivity index (χ0) is 23.2. The number of benzene rings is 1. The van der Waals surface area contributed by atoms with Gasteiger partial charge in [-0.15, -0.1) is 0 Å². The van der Waals surface area contributed by atoms with Crippen molar-refractivity contribution in [3.05, 3.63) is 35.9 Å². The lowest BCUT2D eigenvalue weighted by molar-refractivity contribution is -0.152. The van der Waals surface area contributed by atoms with Crippen LogP contribution in [-0.4, -0.2) is 53.7 Å². The average molecular weight is 431 g/mol. The Morgan fingerprint density at radius 1 is 1.06 bits per heavy atom. The van der Waals surface area contributed by atoms with Crippen molar-refractivity contribution in [3.63, 3.8) is 0 Å². The first kappa shape index (κ1) is 24.4. The number of carbonyl (C=O) groups excluding carboxylic acids is 4. The van der Waals surface area contributed by atoms with Crippen LogP contribution in [0.15, 0.2) is 30.3 Å². The van der Waals surface area contributed by atoms with Crippen LogP contribution in [-0.2, 0) is 24.7 Å². The fraction of sp³-hybridized carbons (Fsp3) is 0.565. The Kier molecular flexibility index (Phi) is 7.81. The SMILES string of the molecule is CCNC(=O)CCC(=O)NC1(c2ccccc2)CN(C(=O)C(C)(NC(C)=O)C(C)C)C1. The van der Waals surface area contributed by atoms with Crippen molar-refractivity contribution in [2.75, 3.05) is 19.6 Å². The van der Waals surface area contributed by atoms with E-state index in [9.17, 15) is 19.2 Å². The van der Waals surface area contributed by atoms with Gasteiger partial charge in [-0.3, -0.25) is 19.2 Å². The lowest BCUT2D eigenvalue weighted by Gasteiger charge is -2.53. The Labute approximate surface area is 184 Å². The van der Waals surface area contributed by atoms with Crippen LogP contribution in [0.5, 0.6) is 0 Å². The van der Waals surface area contributed by atoms with Crippen LogP contribution in [0.3, 0.4) is 0 Å². The Hall–Kier alpha value is -2.90. The van der Waals surface area contributed by atoms with E-state index in [0.717, 1.165) is 5.56 Å². The molecule has 0 aromatic heterocycles. The van der Waals surface area contributed by atoms with Gasteiger partial charge in [0.15, 0.2) is 0 Å². The Morgan fingerprint density at radius 2 is 1.65 bits per heavy atom. The van der Waals surface area contributed by atoms with E-state index in [1.165, 1.54) is 6.92 Å². The molecule has 1 saturated heterocycles. The van der Waals surface area contributed by atoms with Gasteiger partial charge in [0.1, 0.15) is 11.1 Å². The zero-order valence-electron chi connectivity index (χ0n) is 19.1. The molecule has 1 aliphatic heterocycles. The summed E-state index contributed by atoms with van der Waals surface area (Å²) in [5.41, 5.74) is -0.850. The molecule has 170 valence electrons. The van der Waals surface area contributed by atoms with Crippen molar-refractivity contribution in [1.29, 1.82) is 0 Å². The van der Waals surface area contributed by atoms with Crippen LogP contribution in [0.25, 0.3) is 0 Å². The quantitative estimate of drug-likeness (QED) is 0.549. The summed E-state index contributed by atoms with van der Waals surface area (Å²) >= 11 is 0. The smallest absolute Gasteiger partial charge is 0.248 e. The number of nitrogens with zero attached hydrogens (tertiary/aromatic N) is 1. The largest absolute Gasteiger partial charge is 0.356 e. The van der Waals surface area contributed by atoms with Crippen LogP contribution >= 0.6 is 0 Å². The molecule has 8 nitrogen and oxygen atoms in total. The molecule has 1 unspecified atom stereocenters. The Morgan fingerprint density at radius 3 is 2.16 bits per heavy atom. The summed E-state index contributed by atoms with van der Waals surface area (Å²) in [5, 5.41) is 8.53. The molecular formula is C23H34N4O4. The molecule has 0 radical (unpaired) electrons. The fourth-order valence-electron chi connectivity index (χ4n) is 3.82. The Bertz CT molecular complexity index is 818. The maximum atomic E-state index is 13.3. The molecule has 0 aliphatic carbocycles. The summed E-state index contributed by atoms with van der Waals surface area (Å²) in [7, 11) is 0. The topological polar surface area (TPSA) is 108 Å². The number of hydrogen-bond donors (Lipinski definition) is 3. The van der Waals surface area contributed by atoms with Gasteiger partial charge in [-0.05, 0) is 25.3 Å². The van der Waals surface area contributed by atoms with Gasteiger partial charge in [-0.1, -0.05) is 44.2 Å². The molecule has 0 saturated carbocycles. The average Bonchev–Trinajstić information content (AvgIpc) is 2.68. The van der Waals surface area contributed by atoms with Gasteiger partial charge in [0.25, 0.3) is 0 Å². The van der Waals surface area contributed by atoms with E-state index in [0.29, 0.717) is 19.6 Å². The third-order valence-corrected chi connectivity index (χ3v) is 5.90. The normalized spacial score (nSPS) is 16.6. The van der Waals surface area contributed by atoms with E-state index in [1.54, 1.807) is 11.8 Å². The first-order valence-electron chi connectivity index (χ1n) is 10.8. The van der Waals surface area contributed by atoms with Crippen molar-refractivity contribution in [1.82, 2.24) is 20.9 Å². The summed E-state index contributed by atoms with van der Waals surface area (Å²) in [6.45, 7) is 9.85. The number of rotatable bonds is 9. The molecule has 8 heteroatoms. The lowest BCUT2D eigenvalue weighted by atomic mass is 9.78. The highest BCUT2D eigenvalue weighted by Crippen LogP contribution is 2.35. The van der Waals surface area contributed by atoms with Crippen molar-refractivity contribution in [2.24, 2.45) is 5.92 Å². The number of likely N-dealkylation sites (tertiary alicyclic amines) is 1. The molecule has 1 aromatic carbocycles. The maximum Gasteiger partial charge on any atom is 0.248 e. The molecule has 1 aromatic rings. The van der Waals surface area contributed by atoms with Gasteiger partial charge >= 0.3 is 0 Å². The first-order chi connectivity index (χ1) is 14.5. The third kappa shape index (κ3) is 5.62. The van der Waals surface area contributed by atoms with Gasteiger partial charge < -0.3 is 20.9 Å². The molecule has 3 N–H and O–H groups in total. The summed E-state index contributed by atoms with van der Waals surface area (Å²) in [6, 6.07) is 9.50. The highest BCUT2D eigenvalue weighted by atomic mass is 16.2. The highest BCUT2D eigenvalue weighted by molar-refractivity contribution is 5.92. The van der Waals surface area contributed by atoms with Crippen LogP contribution in [0.4, 0.5) is 0 Å². The molecule has 0 bridgehead atoms. The van der Waals surface area contributed by atoms with E-state index in [4.69, 9.17) is 0 Å². The van der Waals surface area contributed by atoms with Gasteiger partial charge in [0.2, 0.25) is 23.6 Å². The fourth-order valence-corrected chi connectivity index (χ4v) is 3.82. The number of hydrogen-bond acceptors (Lipinski definition) is 4. The molecule has 1 aliphatic rings. The zero-order valence-corrected chi connectivity index (χ0v) is 19.1. The van der Waals surface area contributed by atoms with Crippen molar-refractivity contribution >= 4 is 23.6 Å². The summed E-state index contributed by atoms with van der Waals surface area (Å²) in [5.74, 6) is -0.961. The summed E-state index contributed by atoms with van der Waals surface area (Å²) in [4.78, 5) is 50.9. The number of amides is 4. The van der Waals surface area contributed by atoms with Gasteiger partial charge in [-0.2, -0.15) is 0 Å². The van der Waals surface area contributed by atoms with E-state index in [1.807, 2.05) is 51.1 Å². The number of carbonyl (C=O) groups is 4. The van der Waals surface area contributed by atoms with E-state index in [2.05, 4.69) is 16.0 Å². The summed E-state index contributed by atoms with van der Waals surface area (Å²) < 4.78 is 0. The van der Waals surface area contributed by atoms with Gasteiger partial charge in [0, 0.05) is 39.4 Å². The first-order valence-corrected chi connectivity index (χ1v) is 10.8. The lowest BCUT2D eigenvalue weighted by Crippen LogP contribution is -2.73. The minimum Gasteiger partial charge on any atom is -0.356 e. The molecule has 31 heavy (non-hydrogen) atoms. The molecule has 1 fully saturated rings. The molecular weight excluding hydrogens is 396 g/mol. The predicted molar refractivity (Wildman–Crippen MR) is 118 cm³/mol. The Balaban J connectivity index is 2.16. The molecule has 1 atom stereocenters. The molecule has 2 rings (SSSR count). The van der Waals surface area contributed by atoms with E-state index in [-0.39, 0.29) is 42.4 Å². The second-order valence-corrected chi connectivity index (χ2v) is 8.65. The van der Waals surface area contributed by atoms with Crippen LogP contribution in [0.1, 0.15) is 53.0 Å². The van der Waals surface area contributed by atoms with Crippen molar-refractivity contribution < 1.29 is 19.2 Å². The molecule has 4 amide bonds. The maximum absolute atomic E-state index is 13.3. The monoisotopic (exact) mass is 430 g/mol. The third-order valence-electron chi connectivity index (χ3n) is 5.90. The van der Waals surface area contributed by atoms with E-state index < -0.39 is 11.1 Å². The number of nitrogens with one attached hydrogen (secondary N) is 3.